The molecule has 0 aromatic carbocycles. The molecule has 0 aliphatic carbocycles. The molecule has 4 aromatic rings. The third-order valence-electron chi connectivity index (χ3n) is 3.60. The first kappa shape index (κ1) is 11.1. The highest BCUT2D eigenvalue weighted by atomic mass is 15.0. The maximum Gasteiger partial charge on any atom is 0.141 e. The van der Waals surface area contributed by atoms with Crippen LogP contribution in [0.15, 0.2) is 55.1 Å². The Kier molecular flexibility index (Phi) is 2.29. The maximum absolute atomic E-state index is 4.78. The van der Waals surface area contributed by atoms with Crippen LogP contribution >= 0.6 is 0 Å². The van der Waals surface area contributed by atoms with Crippen molar-refractivity contribution in [3.63, 3.8) is 0 Å². The zero-order valence-electron chi connectivity index (χ0n) is 11.0. The normalized spacial score (nSPS) is 11.2. The first-order valence-corrected chi connectivity index (χ1v) is 6.44. The average Bonchev–Trinajstić information content (AvgIpc) is 2.81. The van der Waals surface area contributed by atoms with Gasteiger partial charge in [0.15, 0.2) is 0 Å². The highest BCUT2D eigenvalue weighted by Crippen LogP contribution is 2.28. The van der Waals surface area contributed by atoms with E-state index in [1.165, 1.54) is 0 Å². The number of fused-ring (bicyclic) bond motifs is 3. The van der Waals surface area contributed by atoms with Crippen LogP contribution in [0.3, 0.4) is 0 Å². The Balaban J connectivity index is 2.05. The zero-order valence-corrected chi connectivity index (χ0v) is 11.0. The molecule has 0 fully saturated rings. The van der Waals surface area contributed by atoms with Crippen LogP contribution in [-0.2, 0) is 7.05 Å². The van der Waals surface area contributed by atoms with Gasteiger partial charge in [-0.2, -0.15) is 0 Å². The van der Waals surface area contributed by atoms with Crippen LogP contribution < -0.4 is 0 Å². The summed E-state index contributed by atoms with van der Waals surface area (Å²) in [6, 6.07) is 10.1. The number of hydrogen-bond donors (Lipinski definition) is 0. The van der Waals surface area contributed by atoms with Crippen molar-refractivity contribution in [2.24, 2.45) is 7.05 Å². The molecule has 96 valence electrons. The van der Waals surface area contributed by atoms with E-state index >= 15 is 0 Å². The highest BCUT2D eigenvalue weighted by molar-refractivity contribution is 6.06. The Morgan fingerprint density at radius 3 is 2.65 bits per heavy atom. The molecular weight excluding hydrogens is 248 g/mol. The Morgan fingerprint density at radius 2 is 1.80 bits per heavy atom. The topological polar surface area (TPSA) is 43.6 Å². The predicted octanol–water partition coefficient (Wildman–Crippen LogP) is 3.18. The van der Waals surface area contributed by atoms with Crippen LogP contribution in [0.2, 0.25) is 0 Å². The van der Waals surface area contributed by atoms with E-state index in [1.807, 2.05) is 49.9 Å². The van der Waals surface area contributed by atoms with Crippen LogP contribution in [0.5, 0.6) is 0 Å². The molecule has 4 heteroatoms. The molecule has 0 N–H and O–H groups in total. The molecule has 0 bridgehead atoms. The predicted molar refractivity (Wildman–Crippen MR) is 79.2 cm³/mol. The average molecular weight is 260 g/mol. The van der Waals surface area contributed by atoms with Crippen LogP contribution in [0.1, 0.15) is 0 Å². The summed E-state index contributed by atoms with van der Waals surface area (Å²) in [7, 11) is 2.03. The lowest BCUT2D eigenvalue weighted by Crippen LogP contribution is -1.91. The molecule has 0 radical (unpaired) electrons. The van der Waals surface area contributed by atoms with Gasteiger partial charge in [-0.15, -0.1) is 0 Å². The van der Waals surface area contributed by atoms with Gasteiger partial charge >= 0.3 is 0 Å². The third-order valence-corrected chi connectivity index (χ3v) is 3.60. The molecule has 0 amide bonds. The number of nitrogens with zero attached hydrogens (tertiary/aromatic N) is 4. The molecule has 0 atom stereocenters. The van der Waals surface area contributed by atoms with E-state index < -0.39 is 0 Å². The van der Waals surface area contributed by atoms with Gasteiger partial charge < -0.3 is 4.57 Å². The molecule has 0 saturated carbocycles. The van der Waals surface area contributed by atoms with E-state index in [9.17, 15) is 0 Å². The molecule has 4 rings (SSSR count). The van der Waals surface area contributed by atoms with Gasteiger partial charge in [0.25, 0.3) is 0 Å². The minimum absolute atomic E-state index is 0.935. The first-order chi connectivity index (χ1) is 9.84. The zero-order chi connectivity index (χ0) is 13.5. The van der Waals surface area contributed by atoms with Gasteiger partial charge in [-0.25, -0.2) is 4.98 Å². The lowest BCUT2D eigenvalue weighted by molar-refractivity contribution is 0.989. The molecular formula is C16H12N4. The molecule has 0 unspecified atom stereocenters. The summed E-state index contributed by atoms with van der Waals surface area (Å²) < 4.78 is 2.10. The van der Waals surface area contributed by atoms with E-state index in [1.54, 1.807) is 6.20 Å². The Labute approximate surface area is 115 Å². The molecule has 0 spiro atoms. The fraction of sp³-hybridized carbons (Fsp3) is 0.0625. The lowest BCUT2D eigenvalue weighted by atomic mass is 10.1. The number of hydrogen-bond acceptors (Lipinski definition) is 3. The second kappa shape index (κ2) is 4.13. The maximum atomic E-state index is 4.78. The van der Waals surface area contributed by atoms with E-state index in [0.717, 1.165) is 33.2 Å². The molecule has 4 aromatic heterocycles. The van der Waals surface area contributed by atoms with E-state index in [0.29, 0.717) is 0 Å². The largest absolute Gasteiger partial charge is 0.328 e. The Bertz CT molecular complexity index is 910. The number of aryl methyl sites for hydroxylation is 1. The molecule has 20 heavy (non-hydrogen) atoms. The Morgan fingerprint density at radius 1 is 0.900 bits per heavy atom. The van der Waals surface area contributed by atoms with Crippen molar-refractivity contribution < 1.29 is 0 Å². The highest BCUT2D eigenvalue weighted by Gasteiger charge is 2.10. The molecule has 0 aliphatic heterocycles. The number of rotatable bonds is 1. The second-order valence-electron chi connectivity index (χ2n) is 4.76. The van der Waals surface area contributed by atoms with Crippen molar-refractivity contribution >= 4 is 21.9 Å². The molecule has 4 heterocycles. The summed E-state index contributed by atoms with van der Waals surface area (Å²) in [4.78, 5) is 13.1. The van der Waals surface area contributed by atoms with Crippen LogP contribution in [0, 0.1) is 0 Å². The lowest BCUT2D eigenvalue weighted by Gasteiger charge is -2.01. The van der Waals surface area contributed by atoms with Crippen molar-refractivity contribution in [2.75, 3.05) is 0 Å². The standard InChI is InChI=1S/C16H12N4/c1-20-15-6-8-18-10-13(15)12-4-5-14(19-16(12)20)11-3-2-7-17-9-11/h2-10H,1H3. The third kappa shape index (κ3) is 1.51. The van der Waals surface area contributed by atoms with Gasteiger partial charge in [-0.3, -0.25) is 9.97 Å². The summed E-state index contributed by atoms with van der Waals surface area (Å²) in [6.07, 6.45) is 7.30. The fourth-order valence-corrected chi connectivity index (χ4v) is 2.59. The monoisotopic (exact) mass is 260 g/mol. The van der Waals surface area contributed by atoms with Crippen LogP contribution in [0.25, 0.3) is 33.2 Å². The van der Waals surface area contributed by atoms with Crippen LogP contribution in [-0.4, -0.2) is 19.5 Å². The Hall–Kier alpha value is -2.75. The van der Waals surface area contributed by atoms with Gasteiger partial charge in [0.1, 0.15) is 5.65 Å². The summed E-state index contributed by atoms with van der Waals surface area (Å²) >= 11 is 0. The van der Waals surface area contributed by atoms with Gasteiger partial charge in [-0.05, 0) is 30.3 Å². The summed E-state index contributed by atoms with van der Waals surface area (Å²) in [5.74, 6) is 0. The van der Waals surface area contributed by atoms with E-state index in [-0.39, 0.29) is 0 Å². The first-order valence-electron chi connectivity index (χ1n) is 6.44. The van der Waals surface area contributed by atoms with Gasteiger partial charge in [0, 0.05) is 48.2 Å². The van der Waals surface area contributed by atoms with Crippen LogP contribution in [0.4, 0.5) is 0 Å². The molecule has 4 nitrogen and oxygen atoms in total. The summed E-state index contributed by atoms with van der Waals surface area (Å²) in [5, 5.41) is 2.26. The minimum atomic E-state index is 0.935. The molecule has 0 aliphatic rings. The van der Waals surface area contributed by atoms with Crippen molar-refractivity contribution in [1.82, 2.24) is 19.5 Å². The van der Waals surface area contributed by atoms with Crippen molar-refractivity contribution in [1.29, 1.82) is 0 Å². The van der Waals surface area contributed by atoms with E-state index in [2.05, 4.69) is 20.6 Å². The van der Waals surface area contributed by atoms with E-state index in [4.69, 9.17) is 4.98 Å². The smallest absolute Gasteiger partial charge is 0.141 e. The van der Waals surface area contributed by atoms with Gasteiger partial charge in [0.05, 0.1) is 11.2 Å². The SMILES string of the molecule is Cn1c2ccncc2c2ccc(-c3cccnc3)nc21. The number of pyridine rings is 3. The number of aromatic nitrogens is 4. The second-order valence-corrected chi connectivity index (χ2v) is 4.76. The van der Waals surface area contributed by atoms with Crippen molar-refractivity contribution in [3.8, 4) is 11.3 Å². The quantitative estimate of drug-likeness (QED) is 0.528. The summed E-state index contributed by atoms with van der Waals surface area (Å²) in [5.41, 5.74) is 4.07. The van der Waals surface area contributed by atoms with Gasteiger partial charge in [-0.1, -0.05) is 0 Å². The fourth-order valence-electron chi connectivity index (χ4n) is 2.59. The van der Waals surface area contributed by atoms with Crippen molar-refractivity contribution in [3.05, 3.63) is 55.1 Å². The summed E-state index contributed by atoms with van der Waals surface area (Å²) in [6.45, 7) is 0. The van der Waals surface area contributed by atoms with Gasteiger partial charge in [0.2, 0.25) is 0 Å². The van der Waals surface area contributed by atoms with Crippen molar-refractivity contribution in [2.45, 2.75) is 0 Å². The minimum Gasteiger partial charge on any atom is -0.328 e. The molecule has 0 saturated heterocycles.